The lowest BCUT2D eigenvalue weighted by atomic mass is 9.82. The van der Waals surface area contributed by atoms with E-state index in [2.05, 4.69) is 35.8 Å². The molecule has 76 valence electrons. The Morgan fingerprint density at radius 3 is 2.86 bits per heavy atom. The Hall–Kier alpha value is 0.340. The second-order valence-electron chi connectivity index (χ2n) is 4.22. The van der Waals surface area contributed by atoms with Crippen LogP contribution in [0.4, 0.5) is 0 Å². The van der Waals surface area contributed by atoms with Gasteiger partial charge < -0.3 is 0 Å². The van der Waals surface area contributed by atoms with Gasteiger partial charge in [0.25, 0.3) is 0 Å². The van der Waals surface area contributed by atoms with Crippen LogP contribution in [0.15, 0.2) is 21.5 Å². The fourth-order valence-corrected chi connectivity index (χ4v) is 4.15. The molecular weight excluding hydrogens is 280 g/mol. The van der Waals surface area contributed by atoms with Crippen LogP contribution in [-0.2, 0) is 5.41 Å². The van der Waals surface area contributed by atoms with Crippen molar-refractivity contribution >= 4 is 39.3 Å². The van der Waals surface area contributed by atoms with Gasteiger partial charge in [0, 0.05) is 9.37 Å². The zero-order valence-electron chi connectivity index (χ0n) is 8.23. The molecule has 1 aromatic carbocycles. The van der Waals surface area contributed by atoms with Crippen molar-refractivity contribution in [3.8, 4) is 0 Å². The van der Waals surface area contributed by atoms with E-state index in [-0.39, 0.29) is 5.41 Å². The Labute approximate surface area is 103 Å². The van der Waals surface area contributed by atoms with E-state index in [4.69, 9.17) is 11.6 Å². The van der Waals surface area contributed by atoms with Crippen LogP contribution in [0.5, 0.6) is 0 Å². The topological polar surface area (TPSA) is 0 Å². The SMILES string of the molecule is CC1(C)CCSc2ccc(Br)c(Cl)c21. The molecule has 1 aliphatic heterocycles. The summed E-state index contributed by atoms with van der Waals surface area (Å²) in [4.78, 5) is 1.34. The van der Waals surface area contributed by atoms with Crippen LogP contribution in [-0.4, -0.2) is 5.75 Å². The molecular formula is C11H12BrClS. The highest BCUT2D eigenvalue weighted by molar-refractivity contribution is 9.10. The lowest BCUT2D eigenvalue weighted by Gasteiger charge is -2.33. The van der Waals surface area contributed by atoms with Gasteiger partial charge in [-0.15, -0.1) is 11.8 Å². The third-order valence-corrected chi connectivity index (χ3v) is 5.06. The highest BCUT2D eigenvalue weighted by Gasteiger charge is 2.30. The molecule has 1 heterocycles. The normalized spacial score (nSPS) is 19.1. The molecule has 0 aromatic heterocycles. The third-order valence-electron chi connectivity index (χ3n) is 2.72. The molecule has 2 rings (SSSR count). The first-order valence-corrected chi connectivity index (χ1v) is 6.79. The lowest BCUT2D eigenvalue weighted by molar-refractivity contribution is 0.494. The third kappa shape index (κ3) is 1.72. The van der Waals surface area contributed by atoms with Gasteiger partial charge in [0.15, 0.2) is 0 Å². The van der Waals surface area contributed by atoms with Crippen LogP contribution < -0.4 is 0 Å². The summed E-state index contributed by atoms with van der Waals surface area (Å²) in [6, 6.07) is 4.20. The molecule has 0 aliphatic carbocycles. The molecule has 0 N–H and O–H groups in total. The van der Waals surface area contributed by atoms with Gasteiger partial charge in [0.2, 0.25) is 0 Å². The summed E-state index contributed by atoms with van der Waals surface area (Å²) < 4.78 is 1.01. The Bertz CT molecular complexity index is 374. The second-order valence-corrected chi connectivity index (χ2v) is 6.59. The average Bonchev–Trinajstić information content (AvgIpc) is 2.10. The minimum atomic E-state index is 0.210. The van der Waals surface area contributed by atoms with E-state index < -0.39 is 0 Å². The van der Waals surface area contributed by atoms with Crippen molar-refractivity contribution in [2.75, 3.05) is 5.75 Å². The summed E-state index contributed by atoms with van der Waals surface area (Å²) in [5, 5.41) is 0.889. The van der Waals surface area contributed by atoms with E-state index in [0.717, 1.165) is 9.50 Å². The molecule has 0 atom stereocenters. The van der Waals surface area contributed by atoms with Gasteiger partial charge in [-0.25, -0.2) is 0 Å². The largest absolute Gasteiger partial charge is 0.126 e. The number of benzene rings is 1. The first-order valence-electron chi connectivity index (χ1n) is 4.64. The van der Waals surface area contributed by atoms with E-state index in [9.17, 15) is 0 Å². The first-order chi connectivity index (χ1) is 6.52. The molecule has 0 spiro atoms. The number of fused-ring (bicyclic) bond motifs is 1. The molecule has 1 aliphatic rings. The second kappa shape index (κ2) is 3.73. The van der Waals surface area contributed by atoms with E-state index in [0.29, 0.717) is 0 Å². The molecule has 0 fully saturated rings. The Morgan fingerprint density at radius 2 is 2.14 bits per heavy atom. The number of thioether (sulfide) groups is 1. The van der Waals surface area contributed by atoms with Crippen molar-refractivity contribution in [1.29, 1.82) is 0 Å². The van der Waals surface area contributed by atoms with Crippen LogP contribution in [0.1, 0.15) is 25.8 Å². The van der Waals surface area contributed by atoms with Gasteiger partial charge in [0.1, 0.15) is 0 Å². The molecule has 0 radical (unpaired) electrons. The first kappa shape index (κ1) is 10.8. The van der Waals surface area contributed by atoms with Crippen LogP contribution in [0.25, 0.3) is 0 Å². The number of rotatable bonds is 0. The van der Waals surface area contributed by atoms with Crippen LogP contribution in [0.3, 0.4) is 0 Å². The summed E-state index contributed by atoms with van der Waals surface area (Å²) in [5.74, 6) is 1.19. The van der Waals surface area contributed by atoms with Gasteiger partial charge in [0.05, 0.1) is 5.02 Å². The van der Waals surface area contributed by atoms with E-state index >= 15 is 0 Å². The van der Waals surface area contributed by atoms with Crippen LogP contribution >= 0.6 is 39.3 Å². The number of halogens is 2. The standard InChI is InChI=1S/C11H12BrClS/c1-11(2)5-6-14-8-4-3-7(12)10(13)9(8)11/h3-4H,5-6H2,1-2H3. The lowest BCUT2D eigenvalue weighted by Crippen LogP contribution is -2.23. The van der Waals surface area contributed by atoms with Crippen molar-refractivity contribution in [1.82, 2.24) is 0 Å². The summed E-state index contributed by atoms with van der Waals surface area (Å²) in [6.45, 7) is 4.54. The zero-order chi connectivity index (χ0) is 10.3. The predicted molar refractivity (Wildman–Crippen MR) is 67.5 cm³/mol. The Balaban J connectivity index is 2.66. The molecule has 0 amide bonds. The van der Waals surface area contributed by atoms with Crippen LogP contribution in [0.2, 0.25) is 5.02 Å². The molecule has 0 saturated carbocycles. The van der Waals surface area contributed by atoms with Gasteiger partial charge in [-0.3, -0.25) is 0 Å². The van der Waals surface area contributed by atoms with Crippen molar-refractivity contribution in [2.45, 2.75) is 30.6 Å². The molecule has 14 heavy (non-hydrogen) atoms. The summed E-state index contributed by atoms with van der Waals surface area (Å²) in [6.07, 6.45) is 1.20. The molecule has 0 nitrogen and oxygen atoms in total. The Morgan fingerprint density at radius 1 is 1.43 bits per heavy atom. The molecule has 0 saturated heterocycles. The predicted octanol–water partition coefficient (Wildman–Crippen LogP) is 4.88. The molecule has 1 aromatic rings. The van der Waals surface area contributed by atoms with Crippen molar-refractivity contribution in [3.05, 3.63) is 27.2 Å². The van der Waals surface area contributed by atoms with Gasteiger partial charge in [-0.2, -0.15) is 0 Å². The smallest absolute Gasteiger partial charge is 0.0596 e. The van der Waals surface area contributed by atoms with Gasteiger partial charge in [-0.05, 0) is 51.2 Å². The molecule has 3 heteroatoms. The summed E-state index contributed by atoms with van der Waals surface area (Å²) in [7, 11) is 0. The van der Waals surface area contributed by atoms with E-state index in [1.165, 1.54) is 22.6 Å². The van der Waals surface area contributed by atoms with Crippen LogP contribution in [0, 0.1) is 0 Å². The fraction of sp³-hybridized carbons (Fsp3) is 0.455. The molecule has 0 unspecified atom stereocenters. The highest BCUT2D eigenvalue weighted by atomic mass is 79.9. The van der Waals surface area contributed by atoms with Crippen molar-refractivity contribution in [3.63, 3.8) is 0 Å². The van der Waals surface area contributed by atoms with E-state index in [1.807, 2.05) is 17.8 Å². The van der Waals surface area contributed by atoms with Crippen molar-refractivity contribution in [2.24, 2.45) is 0 Å². The quantitative estimate of drug-likeness (QED) is 0.657. The maximum absolute atomic E-state index is 6.34. The fourth-order valence-electron chi connectivity index (χ4n) is 1.82. The van der Waals surface area contributed by atoms with Crippen molar-refractivity contribution < 1.29 is 0 Å². The number of hydrogen-bond acceptors (Lipinski definition) is 1. The summed E-state index contributed by atoms with van der Waals surface area (Å²) in [5.41, 5.74) is 1.52. The monoisotopic (exact) mass is 290 g/mol. The van der Waals surface area contributed by atoms with Gasteiger partial charge >= 0.3 is 0 Å². The number of hydrogen-bond donors (Lipinski definition) is 0. The minimum Gasteiger partial charge on any atom is -0.126 e. The van der Waals surface area contributed by atoms with E-state index in [1.54, 1.807) is 0 Å². The molecule has 0 bridgehead atoms. The Kier molecular flexibility index (Phi) is 2.89. The maximum Gasteiger partial charge on any atom is 0.0596 e. The zero-order valence-corrected chi connectivity index (χ0v) is 11.4. The minimum absolute atomic E-state index is 0.210. The highest BCUT2D eigenvalue weighted by Crippen LogP contribution is 2.46. The average molecular weight is 292 g/mol. The maximum atomic E-state index is 6.34. The summed E-state index contributed by atoms with van der Waals surface area (Å²) >= 11 is 11.7. The van der Waals surface area contributed by atoms with Gasteiger partial charge in [-0.1, -0.05) is 25.4 Å².